The summed E-state index contributed by atoms with van der Waals surface area (Å²) in [5.41, 5.74) is 2.41. The molecule has 0 bridgehead atoms. The zero-order valence-electron chi connectivity index (χ0n) is 11.3. The Hall–Kier alpha value is -2.20. The van der Waals surface area contributed by atoms with Gasteiger partial charge in [0.2, 0.25) is 0 Å². The van der Waals surface area contributed by atoms with Crippen LogP contribution in [0.4, 0.5) is 10.1 Å². The van der Waals surface area contributed by atoms with E-state index in [0.29, 0.717) is 5.02 Å². The molecule has 0 amide bonds. The van der Waals surface area contributed by atoms with E-state index in [0.717, 1.165) is 22.2 Å². The number of anilines is 1. The smallest absolute Gasteiger partial charge is 0.141 e. The highest BCUT2D eigenvalue weighted by molar-refractivity contribution is 6.31. The molecule has 21 heavy (non-hydrogen) atoms. The molecule has 0 spiro atoms. The largest absolute Gasteiger partial charge is 0.377 e. The fraction of sp³-hybridized carbons (Fsp3) is 0.125. The third-order valence-electron chi connectivity index (χ3n) is 3.27. The predicted molar refractivity (Wildman–Crippen MR) is 83.0 cm³/mol. The van der Waals surface area contributed by atoms with Gasteiger partial charge in [0.25, 0.3) is 0 Å². The molecule has 2 heterocycles. The second-order valence-corrected chi connectivity index (χ2v) is 5.27. The molecule has 0 aliphatic rings. The van der Waals surface area contributed by atoms with Crippen molar-refractivity contribution in [2.24, 2.45) is 0 Å². The lowest BCUT2D eigenvalue weighted by molar-refractivity contribution is 0.616. The highest BCUT2D eigenvalue weighted by Gasteiger charge is 2.10. The number of hydrogen-bond donors (Lipinski definition) is 1. The third kappa shape index (κ3) is 2.95. The van der Waals surface area contributed by atoms with Gasteiger partial charge in [-0.15, -0.1) is 0 Å². The Bertz CT molecular complexity index is 791. The molecular formula is C16H13ClFN3. The molecule has 1 aromatic carbocycles. The number of pyridine rings is 2. The van der Waals surface area contributed by atoms with Crippen molar-refractivity contribution in [1.82, 2.24) is 9.97 Å². The molecule has 0 aliphatic carbocycles. The minimum atomic E-state index is -0.352. The molecule has 3 nitrogen and oxygen atoms in total. The van der Waals surface area contributed by atoms with Gasteiger partial charge >= 0.3 is 0 Å². The van der Waals surface area contributed by atoms with Crippen LogP contribution in [0.25, 0.3) is 10.9 Å². The van der Waals surface area contributed by atoms with Crippen LogP contribution < -0.4 is 5.32 Å². The first-order chi connectivity index (χ1) is 10.1. The van der Waals surface area contributed by atoms with E-state index in [2.05, 4.69) is 15.3 Å². The molecule has 0 saturated heterocycles. The van der Waals surface area contributed by atoms with Gasteiger partial charge in [-0.1, -0.05) is 17.7 Å². The maximum atomic E-state index is 13.3. The van der Waals surface area contributed by atoms with Crippen molar-refractivity contribution in [1.29, 1.82) is 0 Å². The molecule has 5 heteroatoms. The average Bonchev–Trinajstić information content (AvgIpc) is 2.47. The van der Waals surface area contributed by atoms with Crippen LogP contribution in [0, 0.1) is 5.82 Å². The van der Waals surface area contributed by atoms with Gasteiger partial charge in [0.1, 0.15) is 5.82 Å². The van der Waals surface area contributed by atoms with E-state index >= 15 is 0 Å². The second kappa shape index (κ2) is 5.66. The lowest BCUT2D eigenvalue weighted by atomic mass is 10.1. The summed E-state index contributed by atoms with van der Waals surface area (Å²) >= 11 is 6.14. The van der Waals surface area contributed by atoms with Crippen LogP contribution >= 0.6 is 11.6 Å². The van der Waals surface area contributed by atoms with Crippen molar-refractivity contribution in [2.45, 2.75) is 13.0 Å². The first-order valence-corrected chi connectivity index (χ1v) is 6.92. The zero-order valence-corrected chi connectivity index (χ0v) is 12.1. The van der Waals surface area contributed by atoms with E-state index in [1.807, 2.05) is 31.2 Å². The van der Waals surface area contributed by atoms with Gasteiger partial charge in [0.05, 0.1) is 23.4 Å². The van der Waals surface area contributed by atoms with Crippen LogP contribution in [0.3, 0.4) is 0 Å². The maximum Gasteiger partial charge on any atom is 0.141 e. The van der Waals surface area contributed by atoms with E-state index in [9.17, 15) is 4.39 Å². The van der Waals surface area contributed by atoms with Gasteiger partial charge in [0, 0.05) is 22.8 Å². The van der Waals surface area contributed by atoms with Gasteiger partial charge < -0.3 is 5.32 Å². The minimum Gasteiger partial charge on any atom is -0.377 e. The zero-order chi connectivity index (χ0) is 14.8. The van der Waals surface area contributed by atoms with Crippen LogP contribution in [0.15, 0.2) is 48.9 Å². The molecular weight excluding hydrogens is 289 g/mol. The third-order valence-corrected chi connectivity index (χ3v) is 3.49. The van der Waals surface area contributed by atoms with Gasteiger partial charge in [0.15, 0.2) is 0 Å². The Kier molecular flexibility index (Phi) is 3.71. The molecule has 3 rings (SSSR count). The van der Waals surface area contributed by atoms with Crippen molar-refractivity contribution in [3.8, 4) is 0 Å². The fourth-order valence-electron chi connectivity index (χ4n) is 2.25. The molecule has 2 aromatic heterocycles. The van der Waals surface area contributed by atoms with Crippen LogP contribution in [-0.2, 0) is 0 Å². The number of nitrogens with one attached hydrogen (secondary N) is 1. The van der Waals surface area contributed by atoms with Crippen LogP contribution in [-0.4, -0.2) is 9.97 Å². The van der Waals surface area contributed by atoms with E-state index in [1.54, 1.807) is 12.4 Å². The van der Waals surface area contributed by atoms with Gasteiger partial charge in [-0.05, 0) is 36.8 Å². The lowest BCUT2D eigenvalue weighted by Crippen LogP contribution is -2.08. The molecule has 106 valence electrons. The normalized spacial score (nSPS) is 12.3. The average molecular weight is 302 g/mol. The van der Waals surface area contributed by atoms with E-state index in [-0.39, 0.29) is 11.9 Å². The maximum absolute atomic E-state index is 13.3. The number of fused-ring (bicyclic) bond motifs is 1. The van der Waals surface area contributed by atoms with E-state index < -0.39 is 0 Å². The molecule has 0 radical (unpaired) electrons. The van der Waals surface area contributed by atoms with E-state index in [1.165, 1.54) is 12.3 Å². The molecule has 1 unspecified atom stereocenters. The summed E-state index contributed by atoms with van der Waals surface area (Å²) in [7, 11) is 0. The van der Waals surface area contributed by atoms with Crippen LogP contribution in [0.1, 0.15) is 18.5 Å². The van der Waals surface area contributed by atoms with Crippen molar-refractivity contribution in [2.75, 3.05) is 5.32 Å². The fourth-order valence-corrected chi connectivity index (χ4v) is 2.47. The molecule has 0 fully saturated rings. The van der Waals surface area contributed by atoms with Crippen LogP contribution in [0.2, 0.25) is 5.02 Å². The van der Waals surface area contributed by atoms with Crippen LogP contribution in [0.5, 0.6) is 0 Å². The second-order valence-electron chi connectivity index (χ2n) is 4.83. The van der Waals surface area contributed by atoms with Gasteiger partial charge in [-0.2, -0.15) is 0 Å². The summed E-state index contributed by atoms with van der Waals surface area (Å²) in [6.45, 7) is 1.94. The quantitative estimate of drug-likeness (QED) is 0.768. The first kappa shape index (κ1) is 13.8. The number of nitrogens with zero attached hydrogens (tertiary/aromatic N) is 2. The van der Waals surface area contributed by atoms with E-state index in [4.69, 9.17) is 11.6 Å². The Morgan fingerprint density at radius 1 is 1.24 bits per heavy atom. The molecule has 1 atom stereocenters. The lowest BCUT2D eigenvalue weighted by Gasteiger charge is -2.17. The Morgan fingerprint density at radius 3 is 2.90 bits per heavy atom. The summed E-state index contributed by atoms with van der Waals surface area (Å²) in [6.07, 6.45) is 4.56. The number of hydrogen-bond acceptors (Lipinski definition) is 3. The summed E-state index contributed by atoms with van der Waals surface area (Å²) in [5, 5.41) is 4.90. The topological polar surface area (TPSA) is 37.8 Å². The number of benzene rings is 1. The van der Waals surface area contributed by atoms with Gasteiger partial charge in [-0.3, -0.25) is 9.97 Å². The number of halogens is 2. The Morgan fingerprint density at radius 2 is 2.10 bits per heavy atom. The SMILES string of the molecule is CC(Nc1cc(Cl)cc2cccnc12)c1cncc(F)c1. The molecule has 3 aromatic rings. The van der Waals surface area contributed by atoms with Crippen molar-refractivity contribution >= 4 is 28.2 Å². The van der Waals surface area contributed by atoms with Crippen molar-refractivity contribution in [3.63, 3.8) is 0 Å². The monoisotopic (exact) mass is 301 g/mol. The molecule has 0 saturated carbocycles. The summed E-state index contributed by atoms with van der Waals surface area (Å²) in [5.74, 6) is -0.352. The highest BCUT2D eigenvalue weighted by Crippen LogP contribution is 2.29. The van der Waals surface area contributed by atoms with Gasteiger partial charge in [-0.25, -0.2) is 4.39 Å². The summed E-state index contributed by atoms with van der Waals surface area (Å²) < 4.78 is 13.3. The van der Waals surface area contributed by atoms with Crippen molar-refractivity contribution < 1.29 is 4.39 Å². The standard InChI is InChI=1S/C16H13ClFN3/c1-10(12-6-14(18)9-19-8-12)21-15-7-13(17)5-11-3-2-4-20-16(11)15/h2-10,21H,1H3. The minimum absolute atomic E-state index is 0.114. The first-order valence-electron chi connectivity index (χ1n) is 6.55. The molecule has 0 aliphatic heterocycles. The molecule has 1 N–H and O–H groups in total. The summed E-state index contributed by atoms with van der Waals surface area (Å²) in [6, 6.07) is 8.85. The predicted octanol–water partition coefficient (Wildman–Crippen LogP) is 4.60. The van der Waals surface area contributed by atoms with Crippen molar-refractivity contribution in [3.05, 3.63) is 65.3 Å². The highest BCUT2D eigenvalue weighted by atomic mass is 35.5. The number of aromatic nitrogens is 2. The Labute approximate surface area is 126 Å². The number of rotatable bonds is 3. The summed E-state index contributed by atoms with van der Waals surface area (Å²) in [4.78, 5) is 8.25. The Balaban J connectivity index is 1.98.